The van der Waals surface area contributed by atoms with Gasteiger partial charge >= 0.3 is 0 Å². The van der Waals surface area contributed by atoms with Gasteiger partial charge in [0, 0.05) is 13.2 Å². The Kier molecular flexibility index (Phi) is 7.46. The minimum atomic E-state index is 0.393. The molecular formula is C15H25NO2. The van der Waals surface area contributed by atoms with E-state index in [4.69, 9.17) is 9.47 Å². The fraction of sp³-hybridized carbons (Fsp3) is 0.600. The fourth-order valence-corrected chi connectivity index (χ4v) is 1.71. The molecule has 3 heteroatoms. The van der Waals surface area contributed by atoms with Crippen molar-refractivity contribution in [3.63, 3.8) is 0 Å². The molecule has 1 aromatic carbocycles. The van der Waals surface area contributed by atoms with E-state index in [1.165, 1.54) is 18.4 Å². The van der Waals surface area contributed by atoms with Gasteiger partial charge in [-0.3, -0.25) is 0 Å². The van der Waals surface area contributed by atoms with Crippen molar-refractivity contribution in [2.24, 2.45) is 0 Å². The first kappa shape index (κ1) is 15.0. The molecule has 0 fully saturated rings. The molecule has 1 unspecified atom stereocenters. The van der Waals surface area contributed by atoms with Gasteiger partial charge in [0.2, 0.25) is 0 Å². The molecule has 0 radical (unpaired) electrons. The summed E-state index contributed by atoms with van der Waals surface area (Å²) in [5.74, 6) is 0.900. The van der Waals surface area contributed by atoms with Crippen LogP contribution in [0.15, 0.2) is 24.3 Å². The number of hydrogen-bond acceptors (Lipinski definition) is 3. The van der Waals surface area contributed by atoms with Crippen LogP contribution >= 0.6 is 0 Å². The average molecular weight is 251 g/mol. The van der Waals surface area contributed by atoms with E-state index in [0.29, 0.717) is 19.3 Å². The summed E-state index contributed by atoms with van der Waals surface area (Å²) in [6.45, 7) is 6.69. The molecule has 0 aliphatic carbocycles. The lowest BCUT2D eigenvalue weighted by molar-refractivity contribution is 0.146. The molecule has 1 rings (SSSR count). The first-order valence-electron chi connectivity index (χ1n) is 6.73. The Morgan fingerprint density at radius 2 is 1.89 bits per heavy atom. The van der Waals surface area contributed by atoms with Crippen molar-refractivity contribution in [2.75, 3.05) is 26.9 Å². The van der Waals surface area contributed by atoms with Crippen LogP contribution in [0.1, 0.15) is 38.3 Å². The summed E-state index contributed by atoms with van der Waals surface area (Å²) in [6.07, 6.45) is 2.45. The third-order valence-electron chi connectivity index (χ3n) is 2.92. The van der Waals surface area contributed by atoms with Crippen molar-refractivity contribution in [2.45, 2.75) is 32.7 Å². The molecule has 0 saturated heterocycles. The lowest BCUT2D eigenvalue weighted by Crippen LogP contribution is -2.19. The van der Waals surface area contributed by atoms with Crippen molar-refractivity contribution < 1.29 is 9.47 Å². The number of unbranched alkanes of at least 4 members (excludes halogenated alkanes) is 1. The summed E-state index contributed by atoms with van der Waals surface area (Å²) in [4.78, 5) is 0. The quantitative estimate of drug-likeness (QED) is 0.684. The molecule has 0 saturated carbocycles. The smallest absolute Gasteiger partial charge is 0.119 e. The van der Waals surface area contributed by atoms with Gasteiger partial charge in [-0.05, 0) is 37.6 Å². The Labute approximate surface area is 110 Å². The van der Waals surface area contributed by atoms with Crippen LogP contribution in [0.25, 0.3) is 0 Å². The molecule has 0 bridgehead atoms. The third kappa shape index (κ3) is 5.52. The van der Waals surface area contributed by atoms with E-state index in [1.807, 2.05) is 12.1 Å². The second kappa shape index (κ2) is 8.95. The molecule has 0 spiro atoms. The molecule has 1 N–H and O–H groups in total. The Morgan fingerprint density at radius 1 is 1.17 bits per heavy atom. The van der Waals surface area contributed by atoms with Gasteiger partial charge in [0.1, 0.15) is 12.4 Å². The maximum absolute atomic E-state index is 5.53. The third-order valence-corrected chi connectivity index (χ3v) is 2.92. The molecule has 102 valence electrons. The monoisotopic (exact) mass is 251 g/mol. The average Bonchev–Trinajstić information content (AvgIpc) is 2.40. The summed E-state index contributed by atoms with van der Waals surface area (Å²) in [7, 11) is 1.68. The van der Waals surface area contributed by atoms with Crippen LogP contribution in [-0.4, -0.2) is 26.9 Å². The molecule has 0 aliphatic heterocycles. The predicted molar refractivity (Wildman–Crippen MR) is 75.1 cm³/mol. The normalized spacial score (nSPS) is 12.4. The number of methoxy groups -OCH3 is 1. The Morgan fingerprint density at radius 3 is 2.50 bits per heavy atom. The van der Waals surface area contributed by atoms with Gasteiger partial charge in [-0.25, -0.2) is 0 Å². The van der Waals surface area contributed by atoms with Gasteiger partial charge in [0.25, 0.3) is 0 Å². The zero-order valence-corrected chi connectivity index (χ0v) is 11.7. The van der Waals surface area contributed by atoms with E-state index in [0.717, 1.165) is 12.3 Å². The topological polar surface area (TPSA) is 30.5 Å². The fourth-order valence-electron chi connectivity index (χ4n) is 1.71. The summed E-state index contributed by atoms with van der Waals surface area (Å²) >= 11 is 0. The van der Waals surface area contributed by atoms with Gasteiger partial charge in [-0.15, -0.1) is 0 Å². The number of benzene rings is 1. The van der Waals surface area contributed by atoms with E-state index in [-0.39, 0.29) is 0 Å². The van der Waals surface area contributed by atoms with Crippen LogP contribution in [0, 0.1) is 0 Å². The van der Waals surface area contributed by atoms with E-state index in [2.05, 4.69) is 31.3 Å². The van der Waals surface area contributed by atoms with E-state index in [9.17, 15) is 0 Å². The van der Waals surface area contributed by atoms with Gasteiger partial charge in [-0.1, -0.05) is 25.5 Å². The molecule has 0 aromatic heterocycles. The first-order chi connectivity index (χ1) is 8.77. The summed E-state index contributed by atoms with van der Waals surface area (Å²) < 4.78 is 10.5. The van der Waals surface area contributed by atoms with Crippen molar-refractivity contribution in [1.82, 2.24) is 5.32 Å². The van der Waals surface area contributed by atoms with Gasteiger partial charge < -0.3 is 14.8 Å². The van der Waals surface area contributed by atoms with Crippen LogP contribution in [0.2, 0.25) is 0 Å². The molecule has 18 heavy (non-hydrogen) atoms. The molecule has 1 atom stereocenters. The largest absolute Gasteiger partial charge is 0.491 e. The Balaban J connectivity index is 2.38. The molecule has 3 nitrogen and oxygen atoms in total. The highest BCUT2D eigenvalue weighted by atomic mass is 16.5. The van der Waals surface area contributed by atoms with Gasteiger partial charge in [-0.2, -0.15) is 0 Å². The highest BCUT2D eigenvalue weighted by Gasteiger charge is 2.04. The molecular weight excluding hydrogens is 226 g/mol. The van der Waals surface area contributed by atoms with Gasteiger partial charge in [0.05, 0.1) is 6.61 Å². The first-order valence-corrected chi connectivity index (χ1v) is 6.73. The molecule has 1 aromatic rings. The van der Waals surface area contributed by atoms with Crippen molar-refractivity contribution in [1.29, 1.82) is 0 Å². The maximum atomic E-state index is 5.53. The molecule has 0 amide bonds. The SMILES string of the molecule is CCCCNC(C)c1ccc(OCCOC)cc1. The molecule has 0 aliphatic rings. The van der Waals surface area contributed by atoms with Gasteiger partial charge in [0.15, 0.2) is 0 Å². The minimum Gasteiger partial charge on any atom is -0.491 e. The second-order valence-corrected chi connectivity index (χ2v) is 4.44. The standard InChI is InChI=1S/C15H25NO2/c1-4-5-10-16-13(2)14-6-8-15(9-7-14)18-12-11-17-3/h6-9,13,16H,4-5,10-12H2,1-3H3. The van der Waals surface area contributed by atoms with E-state index in [1.54, 1.807) is 7.11 Å². The van der Waals surface area contributed by atoms with Crippen molar-refractivity contribution >= 4 is 0 Å². The minimum absolute atomic E-state index is 0.393. The number of hydrogen-bond donors (Lipinski definition) is 1. The highest BCUT2D eigenvalue weighted by molar-refractivity contribution is 5.28. The number of ether oxygens (including phenoxy) is 2. The van der Waals surface area contributed by atoms with Crippen molar-refractivity contribution in [3.05, 3.63) is 29.8 Å². The lowest BCUT2D eigenvalue weighted by atomic mass is 10.1. The van der Waals surface area contributed by atoms with E-state index >= 15 is 0 Å². The zero-order chi connectivity index (χ0) is 13.2. The summed E-state index contributed by atoms with van der Waals surface area (Å²) in [5.41, 5.74) is 1.30. The Hall–Kier alpha value is -1.06. The summed E-state index contributed by atoms with van der Waals surface area (Å²) in [6, 6.07) is 8.66. The van der Waals surface area contributed by atoms with Crippen LogP contribution in [0.4, 0.5) is 0 Å². The second-order valence-electron chi connectivity index (χ2n) is 4.44. The molecule has 0 heterocycles. The van der Waals surface area contributed by atoms with Crippen LogP contribution in [0.3, 0.4) is 0 Å². The number of rotatable bonds is 9. The zero-order valence-electron chi connectivity index (χ0n) is 11.7. The Bertz CT molecular complexity index is 311. The summed E-state index contributed by atoms with van der Waals surface area (Å²) in [5, 5.41) is 3.51. The van der Waals surface area contributed by atoms with E-state index < -0.39 is 0 Å². The number of nitrogens with one attached hydrogen (secondary N) is 1. The van der Waals surface area contributed by atoms with Crippen LogP contribution in [-0.2, 0) is 4.74 Å². The van der Waals surface area contributed by atoms with Crippen LogP contribution in [0.5, 0.6) is 5.75 Å². The highest BCUT2D eigenvalue weighted by Crippen LogP contribution is 2.17. The maximum Gasteiger partial charge on any atom is 0.119 e. The van der Waals surface area contributed by atoms with Crippen molar-refractivity contribution in [3.8, 4) is 5.75 Å². The lowest BCUT2D eigenvalue weighted by Gasteiger charge is -2.14. The predicted octanol–water partition coefficient (Wildman–Crippen LogP) is 3.16. The van der Waals surface area contributed by atoms with Crippen LogP contribution < -0.4 is 10.1 Å².